The second-order valence-corrected chi connectivity index (χ2v) is 5.99. The molecule has 2 aromatic carbocycles. The van der Waals surface area contributed by atoms with Gasteiger partial charge in [0.2, 0.25) is 0 Å². The largest absolute Gasteiger partial charge is 0.493 e. The summed E-state index contributed by atoms with van der Waals surface area (Å²) in [5.41, 5.74) is 3.51. The maximum Gasteiger partial charge on any atom is 0.270 e. The Labute approximate surface area is 141 Å². The molecule has 0 spiro atoms. The Hall–Kier alpha value is -2.66. The minimum atomic E-state index is -0.374. The van der Waals surface area contributed by atoms with Crippen molar-refractivity contribution in [3.8, 4) is 5.75 Å². The highest BCUT2D eigenvalue weighted by Gasteiger charge is 2.12. The van der Waals surface area contributed by atoms with Gasteiger partial charge in [-0.15, -0.1) is 0 Å². The highest BCUT2D eigenvalue weighted by molar-refractivity contribution is 5.53. The number of hydrogen-bond donors (Lipinski definition) is 0. The van der Waals surface area contributed by atoms with Gasteiger partial charge in [0.25, 0.3) is 5.69 Å². The SMILES string of the molecule is CN(CC=Cc1cccc([N+](=O)[O-])c1)Cc1ccc2c(c1)CCO2. The summed E-state index contributed by atoms with van der Waals surface area (Å²) in [7, 11) is 2.06. The van der Waals surface area contributed by atoms with Crippen molar-refractivity contribution in [2.75, 3.05) is 20.2 Å². The van der Waals surface area contributed by atoms with Gasteiger partial charge in [-0.3, -0.25) is 15.0 Å². The molecule has 124 valence electrons. The molecule has 2 aromatic rings. The number of likely N-dealkylation sites (N-methyl/N-ethyl adjacent to an activating group) is 1. The standard InChI is InChI=1S/C19H20N2O3/c1-20(14-16-7-8-19-17(12-16)9-11-24-19)10-3-5-15-4-2-6-18(13-15)21(22)23/h2-8,12-13H,9-11,14H2,1H3. The second-order valence-electron chi connectivity index (χ2n) is 5.99. The van der Waals surface area contributed by atoms with E-state index in [4.69, 9.17) is 4.74 Å². The second kappa shape index (κ2) is 7.27. The van der Waals surface area contributed by atoms with Crippen molar-refractivity contribution in [3.05, 3.63) is 75.3 Å². The number of nitro benzene ring substituents is 1. The monoisotopic (exact) mass is 324 g/mol. The predicted octanol–water partition coefficient (Wildman–Crippen LogP) is 3.67. The third kappa shape index (κ3) is 4.00. The molecule has 0 unspecified atom stereocenters. The van der Waals surface area contributed by atoms with Gasteiger partial charge in [-0.2, -0.15) is 0 Å². The molecule has 0 saturated heterocycles. The highest BCUT2D eigenvalue weighted by atomic mass is 16.6. The molecule has 5 heteroatoms. The molecule has 0 amide bonds. The van der Waals surface area contributed by atoms with E-state index in [2.05, 4.69) is 24.1 Å². The molecule has 1 heterocycles. The van der Waals surface area contributed by atoms with Gasteiger partial charge in [-0.1, -0.05) is 36.4 Å². The van der Waals surface area contributed by atoms with Crippen LogP contribution in [0.25, 0.3) is 6.08 Å². The van der Waals surface area contributed by atoms with E-state index in [0.717, 1.165) is 37.4 Å². The summed E-state index contributed by atoms with van der Waals surface area (Å²) in [5, 5.41) is 10.8. The van der Waals surface area contributed by atoms with Gasteiger partial charge in [0, 0.05) is 31.6 Å². The number of fused-ring (bicyclic) bond motifs is 1. The van der Waals surface area contributed by atoms with Crippen LogP contribution in [0.4, 0.5) is 5.69 Å². The maximum absolute atomic E-state index is 10.8. The van der Waals surface area contributed by atoms with Crippen LogP contribution >= 0.6 is 0 Å². The molecular weight excluding hydrogens is 304 g/mol. The topological polar surface area (TPSA) is 55.6 Å². The van der Waals surface area contributed by atoms with E-state index in [1.807, 2.05) is 24.3 Å². The summed E-state index contributed by atoms with van der Waals surface area (Å²) in [5.74, 6) is 1.01. The van der Waals surface area contributed by atoms with Gasteiger partial charge in [-0.05, 0) is 29.8 Å². The summed E-state index contributed by atoms with van der Waals surface area (Å²) in [6, 6.07) is 13.0. The van der Waals surface area contributed by atoms with Crippen molar-refractivity contribution >= 4 is 11.8 Å². The first kappa shape index (κ1) is 16.2. The molecule has 0 N–H and O–H groups in total. The fourth-order valence-electron chi connectivity index (χ4n) is 2.83. The van der Waals surface area contributed by atoms with Crippen molar-refractivity contribution in [3.63, 3.8) is 0 Å². The lowest BCUT2D eigenvalue weighted by Crippen LogP contribution is -2.17. The summed E-state index contributed by atoms with van der Waals surface area (Å²) in [6.45, 7) is 2.41. The molecule has 3 rings (SSSR count). The zero-order valence-electron chi connectivity index (χ0n) is 13.6. The van der Waals surface area contributed by atoms with Crippen LogP contribution in [0.5, 0.6) is 5.75 Å². The Morgan fingerprint density at radius 3 is 3.00 bits per heavy atom. The van der Waals surface area contributed by atoms with E-state index >= 15 is 0 Å². The van der Waals surface area contributed by atoms with Crippen LogP contribution in [0.3, 0.4) is 0 Å². The van der Waals surface area contributed by atoms with Crippen LogP contribution in [-0.4, -0.2) is 30.0 Å². The average molecular weight is 324 g/mol. The van der Waals surface area contributed by atoms with Crippen molar-refractivity contribution in [1.82, 2.24) is 4.90 Å². The Balaban J connectivity index is 1.56. The lowest BCUT2D eigenvalue weighted by molar-refractivity contribution is -0.384. The first-order valence-electron chi connectivity index (χ1n) is 7.96. The van der Waals surface area contributed by atoms with Crippen molar-refractivity contribution in [2.45, 2.75) is 13.0 Å². The van der Waals surface area contributed by atoms with E-state index < -0.39 is 0 Å². The van der Waals surface area contributed by atoms with Gasteiger partial charge >= 0.3 is 0 Å². The number of non-ortho nitro benzene ring substituents is 1. The Kier molecular flexibility index (Phi) is 4.91. The van der Waals surface area contributed by atoms with Gasteiger partial charge < -0.3 is 4.74 Å². The maximum atomic E-state index is 10.8. The fourth-order valence-corrected chi connectivity index (χ4v) is 2.83. The van der Waals surface area contributed by atoms with Gasteiger partial charge in [0.1, 0.15) is 5.75 Å². The molecule has 1 aliphatic heterocycles. The minimum Gasteiger partial charge on any atom is -0.493 e. The fraction of sp³-hybridized carbons (Fsp3) is 0.263. The van der Waals surface area contributed by atoms with Crippen LogP contribution in [-0.2, 0) is 13.0 Å². The minimum absolute atomic E-state index is 0.117. The number of rotatable bonds is 6. The average Bonchev–Trinajstić information content (AvgIpc) is 3.03. The Bertz CT molecular complexity index is 771. The van der Waals surface area contributed by atoms with Crippen LogP contribution < -0.4 is 4.74 Å². The first-order valence-corrected chi connectivity index (χ1v) is 7.96. The molecular formula is C19H20N2O3. The number of nitro groups is 1. The van der Waals surface area contributed by atoms with E-state index in [0.29, 0.717) is 0 Å². The Morgan fingerprint density at radius 1 is 1.29 bits per heavy atom. The third-order valence-corrected chi connectivity index (χ3v) is 4.01. The van der Waals surface area contributed by atoms with Crippen molar-refractivity contribution < 1.29 is 9.66 Å². The Morgan fingerprint density at radius 2 is 2.17 bits per heavy atom. The summed E-state index contributed by atoms with van der Waals surface area (Å²) < 4.78 is 5.53. The van der Waals surface area contributed by atoms with E-state index in [-0.39, 0.29) is 10.6 Å². The predicted molar refractivity (Wildman–Crippen MR) is 94.1 cm³/mol. The van der Waals surface area contributed by atoms with E-state index in [1.165, 1.54) is 17.2 Å². The zero-order valence-corrected chi connectivity index (χ0v) is 13.6. The van der Waals surface area contributed by atoms with Crippen molar-refractivity contribution in [1.29, 1.82) is 0 Å². The summed E-state index contributed by atoms with van der Waals surface area (Å²) >= 11 is 0. The van der Waals surface area contributed by atoms with Crippen LogP contribution in [0.1, 0.15) is 16.7 Å². The molecule has 0 aromatic heterocycles. The molecule has 0 fully saturated rings. The van der Waals surface area contributed by atoms with E-state index in [9.17, 15) is 10.1 Å². The summed E-state index contributed by atoms with van der Waals surface area (Å²) in [4.78, 5) is 12.6. The quantitative estimate of drug-likeness (QED) is 0.601. The van der Waals surface area contributed by atoms with Crippen LogP contribution in [0, 0.1) is 10.1 Å². The van der Waals surface area contributed by atoms with Gasteiger partial charge in [0.15, 0.2) is 0 Å². The number of nitrogens with zero attached hydrogens (tertiary/aromatic N) is 2. The lowest BCUT2D eigenvalue weighted by atomic mass is 10.1. The van der Waals surface area contributed by atoms with Gasteiger partial charge in [-0.25, -0.2) is 0 Å². The van der Waals surface area contributed by atoms with Gasteiger partial charge in [0.05, 0.1) is 11.5 Å². The van der Waals surface area contributed by atoms with Crippen LogP contribution in [0.2, 0.25) is 0 Å². The molecule has 24 heavy (non-hydrogen) atoms. The molecule has 0 bridgehead atoms. The number of ether oxygens (including phenoxy) is 1. The number of hydrogen-bond acceptors (Lipinski definition) is 4. The molecule has 0 atom stereocenters. The first-order chi connectivity index (χ1) is 11.6. The molecule has 0 saturated carbocycles. The third-order valence-electron chi connectivity index (χ3n) is 4.01. The zero-order chi connectivity index (χ0) is 16.9. The normalized spacial score (nSPS) is 13.2. The molecule has 5 nitrogen and oxygen atoms in total. The molecule has 1 aliphatic rings. The highest BCUT2D eigenvalue weighted by Crippen LogP contribution is 2.26. The van der Waals surface area contributed by atoms with Crippen LogP contribution in [0.15, 0.2) is 48.5 Å². The smallest absolute Gasteiger partial charge is 0.270 e. The lowest BCUT2D eigenvalue weighted by Gasteiger charge is -2.15. The number of benzene rings is 2. The van der Waals surface area contributed by atoms with E-state index in [1.54, 1.807) is 12.1 Å². The molecule has 0 radical (unpaired) electrons. The summed E-state index contributed by atoms with van der Waals surface area (Å²) in [6.07, 6.45) is 4.93. The van der Waals surface area contributed by atoms with Crippen molar-refractivity contribution in [2.24, 2.45) is 0 Å². The molecule has 0 aliphatic carbocycles.